The Labute approximate surface area is 187 Å². The first-order chi connectivity index (χ1) is 15.1. The molecule has 0 amide bonds. The van der Waals surface area contributed by atoms with Crippen LogP contribution in [0.25, 0.3) is 0 Å². The number of rotatable bonds is 11. The first kappa shape index (κ1) is 23.6. The van der Waals surface area contributed by atoms with Crippen molar-refractivity contribution in [3.8, 4) is 0 Å². The predicted octanol–water partition coefficient (Wildman–Crippen LogP) is 4.97. The maximum Gasteiger partial charge on any atom is 0.0977 e. The van der Waals surface area contributed by atoms with E-state index in [9.17, 15) is 10.2 Å². The van der Waals surface area contributed by atoms with E-state index in [1.54, 1.807) is 0 Å². The minimum Gasteiger partial charge on any atom is -0.388 e. The highest BCUT2D eigenvalue weighted by atomic mass is 16.3. The molecule has 0 aliphatic carbocycles. The Morgan fingerprint density at radius 3 is 2.48 bits per heavy atom. The van der Waals surface area contributed by atoms with E-state index >= 15 is 0 Å². The summed E-state index contributed by atoms with van der Waals surface area (Å²) in [4.78, 5) is 6.91. The molecule has 1 fully saturated rings. The topological polar surface area (TPSA) is 56.1 Å². The third kappa shape index (κ3) is 6.49. The van der Waals surface area contributed by atoms with Crippen molar-refractivity contribution in [2.75, 3.05) is 26.2 Å². The highest BCUT2D eigenvalue weighted by molar-refractivity contribution is 5.57. The van der Waals surface area contributed by atoms with Gasteiger partial charge < -0.3 is 15.1 Å². The van der Waals surface area contributed by atoms with Crippen LogP contribution in [0.15, 0.2) is 65.7 Å². The van der Waals surface area contributed by atoms with E-state index < -0.39 is 11.7 Å². The monoisotopic (exact) mass is 422 g/mol. The lowest BCUT2D eigenvalue weighted by Gasteiger charge is -2.47. The van der Waals surface area contributed by atoms with Gasteiger partial charge in [-0.15, -0.1) is 0 Å². The van der Waals surface area contributed by atoms with Crippen LogP contribution in [-0.4, -0.2) is 47.5 Å². The van der Waals surface area contributed by atoms with Crippen molar-refractivity contribution in [2.24, 2.45) is 10.9 Å². The van der Waals surface area contributed by atoms with Crippen LogP contribution in [0, 0.1) is 5.92 Å². The number of aliphatic imine (C=N–C) groups is 1. The molecule has 1 heterocycles. The molecular weight excluding hydrogens is 384 g/mol. The number of piperidine rings is 1. The Bertz CT molecular complexity index is 780. The van der Waals surface area contributed by atoms with Crippen molar-refractivity contribution in [2.45, 2.75) is 57.2 Å². The largest absolute Gasteiger partial charge is 0.388 e. The number of benzene rings is 2. The molecule has 0 aromatic heterocycles. The molecule has 1 aliphatic heterocycles. The number of hydrogen-bond acceptors (Lipinski definition) is 4. The van der Waals surface area contributed by atoms with E-state index in [-0.39, 0.29) is 5.92 Å². The fourth-order valence-electron chi connectivity index (χ4n) is 4.62. The summed E-state index contributed by atoms with van der Waals surface area (Å²) in [5, 5.41) is 23.0. The molecule has 2 aromatic rings. The number of aliphatic hydroxyl groups is 2. The second-order valence-corrected chi connectivity index (χ2v) is 8.74. The predicted molar refractivity (Wildman–Crippen MR) is 128 cm³/mol. The minimum atomic E-state index is -1.04. The van der Waals surface area contributed by atoms with Crippen molar-refractivity contribution in [1.82, 2.24) is 4.90 Å². The molecule has 0 bridgehead atoms. The van der Waals surface area contributed by atoms with Gasteiger partial charge in [0.05, 0.1) is 11.7 Å². The molecule has 1 aliphatic rings. The molecule has 1 saturated heterocycles. The molecule has 168 valence electrons. The van der Waals surface area contributed by atoms with Gasteiger partial charge in [0.2, 0.25) is 0 Å². The van der Waals surface area contributed by atoms with Gasteiger partial charge in [0.25, 0.3) is 0 Å². The SMILES string of the molecule is CCCCCCN=CCCN1CCC(O)(c2ccccc2)C(C(O)c2ccccc2)C1. The van der Waals surface area contributed by atoms with E-state index in [0.29, 0.717) is 13.0 Å². The Kier molecular flexibility index (Phi) is 9.26. The van der Waals surface area contributed by atoms with Crippen molar-refractivity contribution >= 4 is 6.21 Å². The van der Waals surface area contributed by atoms with Crippen LogP contribution in [0.4, 0.5) is 0 Å². The summed E-state index contributed by atoms with van der Waals surface area (Å²) >= 11 is 0. The lowest BCUT2D eigenvalue weighted by molar-refractivity contribution is -0.122. The van der Waals surface area contributed by atoms with Gasteiger partial charge in [-0.25, -0.2) is 0 Å². The second kappa shape index (κ2) is 12.1. The summed E-state index contributed by atoms with van der Waals surface area (Å²) in [6.45, 7) is 5.52. The first-order valence-electron chi connectivity index (χ1n) is 11.9. The average molecular weight is 423 g/mol. The van der Waals surface area contributed by atoms with Gasteiger partial charge in [-0.05, 0) is 36.6 Å². The number of nitrogens with zero attached hydrogens (tertiary/aromatic N) is 2. The molecule has 0 saturated carbocycles. The third-order valence-electron chi connectivity index (χ3n) is 6.52. The fraction of sp³-hybridized carbons (Fsp3) is 0.519. The maximum atomic E-state index is 11.8. The van der Waals surface area contributed by atoms with Crippen LogP contribution < -0.4 is 0 Å². The summed E-state index contributed by atoms with van der Waals surface area (Å²) in [6, 6.07) is 19.6. The standard InChI is InChI=1S/C27H38N2O2/c1-2-3-4-11-18-28-19-12-20-29-21-17-27(31,24-15-9-6-10-16-24)25(22-29)26(30)23-13-7-5-8-14-23/h5-10,13-16,19,25-26,30-31H,2-4,11-12,17-18,20-22H2,1H3. The molecule has 31 heavy (non-hydrogen) atoms. The number of likely N-dealkylation sites (tertiary alicyclic amines) is 1. The van der Waals surface area contributed by atoms with Gasteiger partial charge in [0, 0.05) is 32.1 Å². The molecule has 4 heteroatoms. The van der Waals surface area contributed by atoms with Crippen LogP contribution in [0.2, 0.25) is 0 Å². The summed E-state index contributed by atoms with van der Waals surface area (Å²) in [7, 11) is 0. The summed E-state index contributed by atoms with van der Waals surface area (Å²) in [5.74, 6) is -0.294. The zero-order valence-corrected chi connectivity index (χ0v) is 18.9. The summed E-state index contributed by atoms with van der Waals surface area (Å²) in [5.41, 5.74) is 0.709. The minimum absolute atomic E-state index is 0.294. The highest BCUT2D eigenvalue weighted by Gasteiger charge is 2.46. The lowest BCUT2D eigenvalue weighted by Crippen LogP contribution is -2.52. The van der Waals surface area contributed by atoms with Crippen LogP contribution in [0.3, 0.4) is 0 Å². The number of aliphatic hydroxyl groups excluding tert-OH is 1. The van der Waals surface area contributed by atoms with Gasteiger partial charge in [0.1, 0.15) is 0 Å². The Hall–Kier alpha value is -2.01. The highest BCUT2D eigenvalue weighted by Crippen LogP contribution is 2.43. The maximum absolute atomic E-state index is 11.8. The van der Waals surface area contributed by atoms with Gasteiger partial charge in [-0.3, -0.25) is 4.99 Å². The first-order valence-corrected chi connectivity index (χ1v) is 11.9. The Morgan fingerprint density at radius 1 is 1.06 bits per heavy atom. The van der Waals surface area contributed by atoms with Crippen molar-refractivity contribution in [3.63, 3.8) is 0 Å². The normalized spacial score (nSPS) is 23.3. The van der Waals surface area contributed by atoms with Crippen molar-refractivity contribution in [3.05, 3.63) is 71.8 Å². The van der Waals surface area contributed by atoms with Crippen molar-refractivity contribution in [1.29, 1.82) is 0 Å². The van der Waals surface area contributed by atoms with E-state index in [1.807, 2.05) is 66.9 Å². The summed E-state index contributed by atoms with van der Waals surface area (Å²) < 4.78 is 0. The molecule has 3 atom stereocenters. The molecular formula is C27H38N2O2. The molecule has 2 N–H and O–H groups in total. The van der Waals surface area contributed by atoms with Crippen LogP contribution in [0.5, 0.6) is 0 Å². The van der Waals surface area contributed by atoms with Crippen LogP contribution in [-0.2, 0) is 5.60 Å². The van der Waals surface area contributed by atoms with Crippen LogP contribution in [0.1, 0.15) is 62.7 Å². The quantitative estimate of drug-likeness (QED) is 0.397. The zero-order valence-electron chi connectivity index (χ0n) is 18.9. The van der Waals surface area contributed by atoms with Crippen molar-refractivity contribution < 1.29 is 10.2 Å². The third-order valence-corrected chi connectivity index (χ3v) is 6.52. The molecule has 2 aromatic carbocycles. The molecule has 4 nitrogen and oxygen atoms in total. The Balaban J connectivity index is 1.65. The fourth-order valence-corrected chi connectivity index (χ4v) is 4.62. The van der Waals surface area contributed by atoms with E-state index in [1.165, 1.54) is 25.7 Å². The second-order valence-electron chi connectivity index (χ2n) is 8.74. The van der Waals surface area contributed by atoms with E-state index in [0.717, 1.165) is 37.2 Å². The van der Waals surface area contributed by atoms with Gasteiger partial charge >= 0.3 is 0 Å². The number of unbranched alkanes of at least 4 members (excludes halogenated alkanes) is 3. The van der Waals surface area contributed by atoms with E-state index in [4.69, 9.17) is 0 Å². The molecule has 3 unspecified atom stereocenters. The molecule has 0 radical (unpaired) electrons. The van der Waals surface area contributed by atoms with E-state index in [2.05, 4.69) is 16.8 Å². The molecule has 3 rings (SSSR count). The van der Waals surface area contributed by atoms with Crippen LogP contribution >= 0.6 is 0 Å². The number of hydrogen-bond donors (Lipinski definition) is 2. The lowest BCUT2D eigenvalue weighted by atomic mass is 9.72. The van der Waals surface area contributed by atoms with Gasteiger partial charge in [-0.2, -0.15) is 0 Å². The molecule has 0 spiro atoms. The average Bonchev–Trinajstić information content (AvgIpc) is 2.82. The zero-order chi connectivity index (χ0) is 21.9. The van der Waals surface area contributed by atoms with Gasteiger partial charge in [0.15, 0.2) is 0 Å². The smallest absolute Gasteiger partial charge is 0.0977 e. The van der Waals surface area contributed by atoms with Gasteiger partial charge in [-0.1, -0.05) is 86.8 Å². The summed E-state index contributed by atoms with van der Waals surface area (Å²) in [6.07, 6.45) is 7.82. The Morgan fingerprint density at radius 2 is 1.77 bits per heavy atom.